The second-order valence-electron chi connectivity index (χ2n) is 2.60. The Morgan fingerprint density at radius 3 is 2.50 bits per heavy atom. The van der Waals surface area contributed by atoms with Gasteiger partial charge in [0.2, 0.25) is 0 Å². The third-order valence-electron chi connectivity index (χ3n) is 1.71. The van der Waals surface area contributed by atoms with Gasteiger partial charge in [-0.2, -0.15) is 8.42 Å². The van der Waals surface area contributed by atoms with Gasteiger partial charge in [-0.1, -0.05) is 0 Å². The molecule has 7 heteroatoms. The number of carboxylic acid groups (broad SMARTS) is 1. The van der Waals surface area contributed by atoms with Crippen LogP contribution in [-0.2, 0) is 21.3 Å². The van der Waals surface area contributed by atoms with Crippen LogP contribution in [-0.4, -0.2) is 31.2 Å². The summed E-state index contributed by atoms with van der Waals surface area (Å²) < 4.78 is 27.8. The Hall–Kier alpha value is -1.34. The Morgan fingerprint density at radius 1 is 1.57 bits per heavy atom. The first-order chi connectivity index (χ1) is 6.38. The van der Waals surface area contributed by atoms with E-state index in [0.717, 1.165) is 13.2 Å². The van der Waals surface area contributed by atoms with Crippen molar-refractivity contribution in [3.8, 4) is 0 Å². The van der Waals surface area contributed by atoms with E-state index in [1.807, 2.05) is 0 Å². The number of hydrogen-bond donors (Lipinski definition) is 1. The summed E-state index contributed by atoms with van der Waals surface area (Å²) in [5.41, 5.74) is -0.111. The molecular formula is C7H9NO5S. The average molecular weight is 219 g/mol. The van der Waals surface area contributed by atoms with Crippen molar-refractivity contribution in [3.63, 3.8) is 0 Å². The van der Waals surface area contributed by atoms with Gasteiger partial charge in [-0.3, -0.25) is 4.18 Å². The number of carbonyl (C=O) groups is 1. The minimum absolute atomic E-state index is 0.111. The zero-order valence-corrected chi connectivity index (χ0v) is 8.41. The van der Waals surface area contributed by atoms with Gasteiger partial charge in [-0.25, -0.2) is 4.79 Å². The number of aromatic carboxylic acids is 1. The van der Waals surface area contributed by atoms with Crippen molar-refractivity contribution in [2.24, 2.45) is 7.05 Å². The Kier molecular flexibility index (Phi) is 2.63. The number of aromatic nitrogens is 1. The molecule has 0 aliphatic carbocycles. The molecule has 0 aromatic carbocycles. The minimum atomic E-state index is -3.82. The second-order valence-corrected chi connectivity index (χ2v) is 4.31. The van der Waals surface area contributed by atoms with E-state index in [9.17, 15) is 13.2 Å². The molecule has 0 amide bonds. The van der Waals surface area contributed by atoms with Crippen LogP contribution in [0.15, 0.2) is 17.2 Å². The normalized spacial score (nSPS) is 11.6. The predicted octanol–water partition coefficient (Wildman–Crippen LogP) is 0.0584. The molecular weight excluding hydrogens is 210 g/mol. The van der Waals surface area contributed by atoms with Gasteiger partial charge in [0.15, 0.2) is 0 Å². The van der Waals surface area contributed by atoms with Crippen LogP contribution >= 0.6 is 0 Å². The maximum atomic E-state index is 11.2. The van der Waals surface area contributed by atoms with Crippen LogP contribution < -0.4 is 0 Å². The molecule has 0 radical (unpaired) electrons. The van der Waals surface area contributed by atoms with Crippen LogP contribution in [0, 0.1) is 0 Å². The summed E-state index contributed by atoms with van der Waals surface area (Å²) in [6.45, 7) is 0. The second kappa shape index (κ2) is 3.43. The molecule has 0 aliphatic heterocycles. The van der Waals surface area contributed by atoms with Gasteiger partial charge in [0, 0.05) is 13.2 Å². The SMILES string of the molecule is COS(=O)(=O)c1cc(C(=O)O)n(C)c1. The molecule has 1 rings (SSSR count). The van der Waals surface area contributed by atoms with E-state index < -0.39 is 16.1 Å². The molecule has 14 heavy (non-hydrogen) atoms. The third kappa shape index (κ3) is 1.78. The van der Waals surface area contributed by atoms with Crippen LogP contribution in [0.1, 0.15) is 10.5 Å². The molecule has 1 aromatic heterocycles. The van der Waals surface area contributed by atoms with Crippen LogP contribution in [0.25, 0.3) is 0 Å². The lowest BCUT2D eigenvalue weighted by Crippen LogP contribution is -2.02. The van der Waals surface area contributed by atoms with E-state index in [2.05, 4.69) is 4.18 Å². The Morgan fingerprint density at radius 2 is 2.14 bits per heavy atom. The first-order valence-corrected chi connectivity index (χ1v) is 4.99. The molecule has 0 atom stereocenters. The number of carboxylic acids is 1. The van der Waals surface area contributed by atoms with Gasteiger partial charge in [0.05, 0.1) is 7.11 Å². The molecule has 1 aromatic rings. The lowest BCUT2D eigenvalue weighted by Gasteiger charge is -1.94. The van der Waals surface area contributed by atoms with Gasteiger partial charge < -0.3 is 9.67 Å². The number of aryl methyl sites for hydroxylation is 1. The van der Waals surface area contributed by atoms with E-state index in [-0.39, 0.29) is 10.6 Å². The van der Waals surface area contributed by atoms with Gasteiger partial charge >= 0.3 is 5.97 Å². The summed E-state index contributed by atoms with van der Waals surface area (Å²) in [7, 11) is -1.36. The largest absolute Gasteiger partial charge is 0.477 e. The summed E-state index contributed by atoms with van der Waals surface area (Å²) in [6.07, 6.45) is 1.18. The molecule has 0 saturated carbocycles. The summed E-state index contributed by atoms with van der Waals surface area (Å²) in [5.74, 6) is -1.19. The first-order valence-electron chi connectivity index (χ1n) is 3.59. The van der Waals surface area contributed by atoms with Crippen molar-refractivity contribution in [2.45, 2.75) is 4.90 Å². The van der Waals surface area contributed by atoms with Crippen molar-refractivity contribution in [2.75, 3.05) is 7.11 Å². The third-order valence-corrected chi connectivity index (χ3v) is 2.95. The Balaban J connectivity index is 3.29. The van der Waals surface area contributed by atoms with Gasteiger partial charge in [0.25, 0.3) is 10.1 Å². The van der Waals surface area contributed by atoms with E-state index in [0.29, 0.717) is 0 Å². The van der Waals surface area contributed by atoms with Gasteiger partial charge in [0.1, 0.15) is 10.6 Å². The van der Waals surface area contributed by atoms with Crippen LogP contribution in [0.5, 0.6) is 0 Å². The van der Waals surface area contributed by atoms with Crippen molar-refractivity contribution in [1.29, 1.82) is 0 Å². The summed E-state index contributed by atoms with van der Waals surface area (Å²) >= 11 is 0. The fourth-order valence-electron chi connectivity index (χ4n) is 0.980. The molecule has 0 unspecified atom stereocenters. The highest BCUT2D eigenvalue weighted by Gasteiger charge is 2.19. The van der Waals surface area contributed by atoms with Crippen molar-refractivity contribution < 1.29 is 22.5 Å². The van der Waals surface area contributed by atoms with E-state index in [1.165, 1.54) is 17.8 Å². The standard InChI is InChI=1S/C7H9NO5S/c1-8-4-5(14(11,12)13-2)3-6(8)7(9)10/h3-4H,1-2H3,(H,9,10). The lowest BCUT2D eigenvalue weighted by atomic mass is 10.4. The van der Waals surface area contributed by atoms with Crippen LogP contribution in [0.4, 0.5) is 0 Å². The fourth-order valence-corrected chi connectivity index (χ4v) is 1.72. The Bertz CT molecular complexity index is 458. The highest BCUT2D eigenvalue weighted by molar-refractivity contribution is 7.86. The van der Waals surface area contributed by atoms with Crippen molar-refractivity contribution in [3.05, 3.63) is 18.0 Å². The highest BCUT2D eigenvalue weighted by Crippen LogP contribution is 2.15. The van der Waals surface area contributed by atoms with Crippen molar-refractivity contribution >= 4 is 16.1 Å². The van der Waals surface area contributed by atoms with Crippen molar-refractivity contribution in [1.82, 2.24) is 4.57 Å². The smallest absolute Gasteiger partial charge is 0.352 e. The summed E-state index contributed by atoms with van der Waals surface area (Å²) in [6, 6.07) is 1.04. The molecule has 0 saturated heterocycles. The predicted molar refractivity (Wildman–Crippen MR) is 46.6 cm³/mol. The van der Waals surface area contributed by atoms with E-state index in [1.54, 1.807) is 0 Å². The van der Waals surface area contributed by atoms with Crippen LogP contribution in [0.3, 0.4) is 0 Å². The quantitative estimate of drug-likeness (QED) is 0.726. The number of rotatable bonds is 3. The maximum absolute atomic E-state index is 11.2. The summed E-state index contributed by atoms with van der Waals surface area (Å²) in [4.78, 5) is 10.4. The molecule has 0 bridgehead atoms. The highest BCUT2D eigenvalue weighted by atomic mass is 32.2. The zero-order chi connectivity index (χ0) is 10.9. The molecule has 0 spiro atoms. The number of hydrogen-bond acceptors (Lipinski definition) is 4. The van der Waals surface area contributed by atoms with E-state index in [4.69, 9.17) is 5.11 Å². The molecule has 1 heterocycles. The number of nitrogens with zero attached hydrogens (tertiary/aromatic N) is 1. The average Bonchev–Trinajstić information content (AvgIpc) is 2.48. The van der Waals surface area contributed by atoms with E-state index >= 15 is 0 Å². The topological polar surface area (TPSA) is 85.6 Å². The van der Waals surface area contributed by atoms with Gasteiger partial charge in [-0.15, -0.1) is 0 Å². The zero-order valence-electron chi connectivity index (χ0n) is 7.59. The molecule has 6 nitrogen and oxygen atoms in total. The molecule has 78 valence electrons. The monoisotopic (exact) mass is 219 g/mol. The molecule has 1 N–H and O–H groups in total. The summed E-state index contributed by atoms with van der Waals surface area (Å²) in [5, 5.41) is 8.66. The minimum Gasteiger partial charge on any atom is -0.477 e. The Labute approximate surface area is 80.8 Å². The fraction of sp³-hybridized carbons (Fsp3) is 0.286. The molecule has 0 fully saturated rings. The lowest BCUT2D eigenvalue weighted by molar-refractivity contribution is 0.0686. The maximum Gasteiger partial charge on any atom is 0.352 e. The van der Waals surface area contributed by atoms with Gasteiger partial charge in [-0.05, 0) is 6.07 Å². The first kappa shape index (κ1) is 10.7. The molecule has 0 aliphatic rings. The van der Waals surface area contributed by atoms with Crippen LogP contribution in [0.2, 0.25) is 0 Å².